The zero-order valence-corrected chi connectivity index (χ0v) is 17.1. The highest BCUT2D eigenvalue weighted by Gasteiger charge is 2.21. The van der Waals surface area contributed by atoms with E-state index in [2.05, 4.69) is 11.8 Å². The molecule has 6 heteroatoms. The van der Waals surface area contributed by atoms with Crippen LogP contribution in [-0.2, 0) is 16.0 Å². The summed E-state index contributed by atoms with van der Waals surface area (Å²) < 4.78 is 21.7. The van der Waals surface area contributed by atoms with Crippen LogP contribution in [0.5, 0.6) is 17.2 Å². The number of ether oxygens (including phenoxy) is 4. The van der Waals surface area contributed by atoms with E-state index in [1.165, 1.54) is 0 Å². The Labute approximate surface area is 171 Å². The number of carboxylic acid groups (broad SMARTS) is 1. The maximum Gasteiger partial charge on any atom is 0.333 e. The monoisotopic (exact) mass is 398 g/mol. The average Bonchev–Trinajstić information content (AvgIpc) is 2.71. The zero-order chi connectivity index (χ0) is 21.2. The van der Waals surface area contributed by atoms with Crippen LogP contribution in [0.2, 0.25) is 0 Å². The molecule has 0 fully saturated rings. The third-order valence-electron chi connectivity index (χ3n) is 3.98. The second kappa shape index (κ2) is 11.0. The van der Waals surface area contributed by atoms with E-state index in [9.17, 15) is 9.90 Å². The third-order valence-corrected chi connectivity index (χ3v) is 3.98. The summed E-state index contributed by atoms with van der Waals surface area (Å²) in [6, 6.07) is 12.7. The van der Waals surface area contributed by atoms with Crippen LogP contribution >= 0.6 is 0 Å². The highest BCUT2D eigenvalue weighted by atomic mass is 16.5. The summed E-state index contributed by atoms with van der Waals surface area (Å²) >= 11 is 0. The minimum absolute atomic E-state index is 0.163. The van der Waals surface area contributed by atoms with Gasteiger partial charge in [-0.2, -0.15) is 0 Å². The van der Waals surface area contributed by atoms with E-state index in [0.717, 1.165) is 16.9 Å². The Morgan fingerprint density at radius 1 is 1.03 bits per heavy atom. The molecule has 0 saturated carbocycles. The first-order valence-corrected chi connectivity index (χ1v) is 9.23. The Bertz CT molecular complexity index is 861. The number of carbonyl (C=O) groups is 1. The van der Waals surface area contributed by atoms with Gasteiger partial charge in [-0.1, -0.05) is 17.9 Å². The Hall–Kier alpha value is -3.17. The van der Waals surface area contributed by atoms with Crippen LogP contribution in [-0.4, -0.2) is 44.1 Å². The van der Waals surface area contributed by atoms with Crippen molar-refractivity contribution in [1.29, 1.82) is 0 Å². The van der Waals surface area contributed by atoms with E-state index in [4.69, 9.17) is 18.9 Å². The molecule has 0 aliphatic carbocycles. The fourth-order valence-corrected chi connectivity index (χ4v) is 2.62. The highest BCUT2D eigenvalue weighted by Crippen LogP contribution is 2.28. The second-order valence-corrected chi connectivity index (χ2v) is 6.52. The van der Waals surface area contributed by atoms with Crippen molar-refractivity contribution in [2.45, 2.75) is 32.5 Å². The molecule has 2 aromatic carbocycles. The van der Waals surface area contributed by atoms with Crippen molar-refractivity contribution in [3.63, 3.8) is 0 Å². The van der Waals surface area contributed by atoms with Gasteiger partial charge in [-0.3, -0.25) is 0 Å². The second-order valence-electron chi connectivity index (χ2n) is 6.52. The van der Waals surface area contributed by atoms with Gasteiger partial charge in [-0.25, -0.2) is 4.79 Å². The summed E-state index contributed by atoms with van der Waals surface area (Å²) in [6.45, 7) is 3.77. The number of benzene rings is 2. The van der Waals surface area contributed by atoms with Crippen molar-refractivity contribution in [3.05, 3.63) is 53.6 Å². The smallest absolute Gasteiger partial charge is 0.333 e. The molecule has 0 saturated heterocycles. The number of carboxylic acids is 1. The van der Waals surface area contributed by atoms with Crippen LogP contribution in [0, 0.1) is 11.8 Å². The van der Waals surface area contributed by atoms with E-state index in [-0.39, 0.29) is 19.1 Å². The van der Waals surface area contributed by atoms with Crippen molar-refractivity contribution in [3.8, 4) is 29.1 Å². The van der Waals surface area contributed by atoms with Crippen molar-refractivity contribution in [1.82, 2.24) is 0 Å². The fraction of sp³-hybridized carbons (Fsp3) is 0.348. The van der Waals surface area contributed by atoms with Gasteiger partial charge in [0.15, 0.2) is 17.6 Å². The summed E-state index contributed by atoms with van der Waals surface area (Å²) in [4.78, 5) is 11.4. The zero-order valence-electron chi connectivity index (χ0n) is 17.1. The summed E-state index contributed by atoms with van der Waals surface area (Å²) in [5, 5.41) is 9.36. The topological polar surface area (TPSA) is 74.2 Å². The molecule has 0 spiro atoms. The van der Waals surface area contributed by atoms with E-state index in [1.54, 1.807) is 46.3 Å². The molecule has 1 N–H and O–H groups in total. The molecule has 2 aromatic rings. The highest BCUT2D eigenvalue weighted by molar-refractivity contribution is 5.72. The van der Waals surface area contributed by atoms with E-state index >= 15 is 0 Å². The third kappa shape index (κ3) is 7.05. The normalized spacial score (nSPS) is 11.3. The average molecular weight is 398 g/mol. The molecular weight excluding hydrogens is 372 g/mol. The van der Waals surface area contributed by atoms with Gasteiger partial charge in [-0.05, 0) is 55.8 Å². The fourth-order valence-electron chi connectivity index (χ4n) is 2.62. The minimum Gasteiger partial charge on any atom is -0.497 e. The maximum atomic E-state index is 11.4. The molecular formula is C23H26O6. The van der Waals surface area contributed by atoms with Crippen molar-refractivity contribution in [2.24, 2.45) is 0 Å². The maximum absolute atomic E-state index is 11.4. The van der Waals surface area contributed by atoms with Crippen LogP contribution in [0.3, 0.4) is 0 Å². The first-order chi connectivity index (χ1) is 13.9. The van der Waals surface area contributed by atoms with Crippen LogP contribution in [0.15, 0.2) is 42.5 Å². The number of hydrogen-bond donors (Lipinski definition) is 1. The molecule has 0 heterocycles. The summed E-state index contributed by atoms with van der Waals surface area (Å²) in [6.07, 6.45) is -0.879. The van der Waals surface area contributed by atoms with E-state index in [1.807, 2.05) is 24.3 Å². The number of aliphatic carboxylic acids is 1. The van der Waals surface area contributed by atoms with Crippen molar-refractivity contribution < 1.29 is 28.8 Å². The lowest BCUT2D eigenvalue weighted by Crippen LogP contribution is -2.29. The van der Waals surface area contributed by atoms with Gasteiger partial charge < -0.3 is 24.1 Å². The lowest BCUT2D eigenvalue weighted by Gasteiger charge is -2.17. The Balaban J connectivity index is 2.06. The molecule has 154 valence electrons. The summed E-state index contributed by atoms with van der Waals surface area (Å²) in [7, 11) is 3.16. The van der Waals surface area contributed by atoms with Gasteiger partial charge in [0.1, 0.15) is 12.4 Å². The Kier molecular flexibility index (Phi) is 8.38. The molecule has 0 bridgehead atoms. The standard InChI is InChI=1S/C23H26O6/c1-16(2)29-22(23(24)25)15-18-9-12-20(27-4)21(14-18)28-13-5-6-17-7-10-19(26-3)11-8-17/h7-12,14,16,22H,13,15H2,1-4H3,(H,24,25). The molecule has 29 heavy (non-hydrogen) atoms. The summed E-state index contributed by atoms with van der Waals surface area (Å²) in [5.41, 5.74) is 1.63. The molecule has 0 aromatic heterocycles. The number of hydrogen-bond acceptors (Lipinski definition) is 5. The van der Waals surface area contributed by atoms with Gasteiger partial charge in [0.2, 0.25) is 0 Å². The Morgan fingerprint density at radius 3 is 2.34 bits per heavy atom. The quantitative estimate of drug-likeness (QED) is 0.651. The molecule has 0 aliphatic heterocycles. The number of methoxy groups -OCH3 is 2. The van der Waals surface area contributed by atoms with Gasteiger partial charge in [-0.15, -0.1) is 0 Å². The SMILES string of the molecule is COc1ccc(C#CCOc2cc(CC(OC(C)C)C(=O)O)ccc2OC)cc1. The first-order valence-electron chi connectivity index (χ1n) is 9.23. The van der Waals surface area contributed by atoms with Crippen molar-refractivity contribution >= 4 is 5.97 Å². The van der Waals surface area contributed by atoms with Gasteiger partial charge in [0.05, 0.1) is 20.3 Å². The van der Waals surface area contributed by atoms with Crippen LogP contribution in [0.1, 0.15) is 25.0 Å². The molecule has 1 atom stereocenters. The number of rotatable bonds is 9. The lowest BCUT2D eigenvalue weighted by atomic mass is 10.1. The van der Waals surface area contributed by atoms with Crippen LogP contribution in [0.25, 0.3) is 0 Å². The Morgan fingerprint density at radius 2 is 1.76 bits per heavy atom. The van der Waals surface area contributed by atoms with Crippen LogP contribution in [0.4, 0.5) is 0 Å². The predicted octanol–water partition coefficient (Wildman–Crippen LogP) is 3.56. The molecule has 2 rings (SSSR count). The lowest BCUT2D eigenvalue weighted by molar-refractivity contribution is -0.153. The van der Waals surface area contributed by atoms with Gasteiger partial charge >= 0.3 is 5.97 Å². The van der Waals surface area contributed by atoms with Gasteiger partial charge in [0, 0.05) is 12.0 Å². The molecule has 6 nitrogen and oxygen atoms in total. The molecule has 0 radical (unpaired) electrons. The molecule has 1 unspecified atom stereocenters. The van der Waals surface area contributed by atoms with E-state index in [0.29, 0.717) is 11.5 Å². The van der Waals surface area contributed by atoms with E-state index < -0.39 is 12.1 Å². The summed E-state index contributed by atoms with van der Waals surface area (Å²) in [5.74, 6) is 6.80. The largest absolute Gasteiger partial charge is 0.497 e. The first kappa shape index (κ1) is 22.1. The minimum atomic E-state index is -0.998. The molecule has 0 amide bonds. The van der Waals surface area contributed by atoms with Crippen molar-refractivity contribution in [2.75, 3.05) is 20.8 Å². The van der Waals surface area contributed by atoms with Crippen LogP contribution < -0.4 is 14.2 Å². The van der Waals surface area contributed by atoms with Gasteiger partial charge in [0.25, 0.3) is 0 Å². The predicted molar refractivity (Wildman–Crippen MR) is 110 cm³/mol. The molecule has 0 aliphatic rings.